The maximum atomic E-state index is 13.1. The molecule has 0 amide bonds. The summed E-state index contributed by atoms with van der Waals surface area (Å²) in [6, 6.07) is 1.17. The van der Waals surface area contributed by atoms with Gasteiger partial charge in [0.05, 0.1) is 23.6 Å². The molecule has 4 rings (SSSR count). The highest BCUT2D eigenvalue weighted by atomic mass is 32.1. The van der Waals surface area contributed by atoms with Crippen LogP contribution in [0.1, 0.15) is 31.2 Å². The third-order valence-corrected chi connectivity index (χ3v) is 5.48. The number of nitrogens with one attached hydrogen (secondary N) is 1. The zero-order valence-corrected chi connectivity index (χ0v) is 14.9. The van der Waals surface area contributed by atoms with Gasteiger partial charge in [-0.25, -0.2) is 14.5 Å². The Morgan fingerprint density at radius 3 is 2.63 bits per heavy atom. The molecule has 3 heterocycles. The van der Waals surface area contributed by atoms with Gasteiger partial charge in [-0.3, -0.25) is 0 Å². The molecule has 1 saturated carbocycles. The highest BCUT2D eigenvalue weighted by Gasteiger charge is 2.34. The average Bonchev–Trinajstić information content (AvgIpc) is 3.16. The van der Waals surface area contributed by atoms with E-state index < -0.39 is 17.6 Å². The Balaban J connectivity index is 1.63. The number of aliphatic hydroxyl groups is 1. The van der Waals surface area contributed by atoms with Crippen LogP contribution >= 0.6 is 11.3 Å². The van der Waals surface area contributed by atoms with Gasteiger partial charge in [-0.15, -0.1) is 5.10 Å². The number of anilines is 2. The van der Waals surface area contributed by atoms with Gasteiger partial charge in [0.2, 0.25) is 10.1 Å². The molecule has 3 aromatic rings. The number of nitrogens with two attached hydrogens (primary N) is 1. The molecule has 0 spiro atoms. The van der Waals surface area contributed by atoms with E-state index in [9.17, 15) is 18.3 Å². The molecule has 0 radical (unpaired) electrons. The van der Waals surface area contributed by atoms with Crippen molar-refractivity contribution in [3.05, 3.63) is 24.0 Å². The Hall–Kier alpha value is -2.40. The van der Waals surface area contributed by atoms with Crippen molar-refractivity contribution in [2.75, 3.05) is 11.1 Å². The molecule has 4 N–H and O–H groups in total. The second-order valence-electron chi connectivity index (χ2n) is 6.55. The number of aromatic nitrogens is 4. The maximum Gasteiger partial charge on any atom is 0.419 e. The Labute approximate surface area is 156 Å². The molecular formula is C16H17F3N6OS. The van der Waals surface area contributed by atoms with Crippen LogP contribution in [0.15, 0.2) is 18.5 Å². The molecule has 144 valence electrons. The molecule has 11 heteroatoms. The SMILES string of the molecule is Nc1ncc(-c2cnc3sc(N[C@H]4CC[C@H](O)CC4)nn23)cc1C(F)(F)F. The molecule has 0 aromatic carbocycles. The zero-order chi connectivity index (χ0) is 19.2. The summed E-state index contributed by atoms with van der Waals surface area (Å²) in [7, 11) is 0. The van der Waals surface area contributed by atoms with Crippen molar-refractivity contribution >= 4 is 27.2 Å². The highest BCUT2D eigenvalue weighted by Crippen LogP contribution is 2.35. The number of hydrogen-bond donors (Lipinski definition) is 3. The minimum Gasteiger partial charge on any atom is -0.393 e. The van der Waals surface area contributed by atoms with Crippen LogP contribution in [-0.4, -0.2) is 36.8 Å². The van der Waals surface area contributed by atoms with Gasteiger partial charge >= 0.3 is 6.18 Å². The van der Waals surface area contributed by atoms with E-state index in [0.29, 0.717) is 15.8 Å². The minimum absolute atomic E-state index is 0.211. The van der Waals surface area contributed by atoms with Crippen LogP contribution in [-0.2, 0) is 6.18 Å². The summed E-state index contributed by atoms with van der Waals surface area (Å²) in [6.45, 7) is 0. The molecule has 27 heavy (non-hydrogen) atoms. The Morgan fingerprint density at radius 2 is 1.93 bits per heavy atom. The normalized spacial score (nSPS) is 20.9. The van der Waals surface area contributed by atoms with Crippen molar-refractivity contribution in [3.8, 4) is 11.3 Å². The van der Waals surface area contributed by atoms with E-state index in [1.54, 1.807) is 0 Å². The topological polar surface area (TPSA) is 101 Å². The average molecular weight is 398 g/mol. The first-order valence-electron chi connectivity index (χ1n) is 8.43. The Morgan fingerprint density at radius 1 is 1.19 bits per heavy atom. The lowest BCUT2D eigenvalue weighted by Crippen LogP contribution is -2.28. The summed E-state index contributed by atoms with van der Waals surface area (Å²) >= 11 is 1.32. The van der Waals surface area contributed by atoms with Crippen molar-refractivity contribution in [1.29, 1.82) is 0 Å². The number of pyridine rings is 1. The molecule has 0 bridgehead atoms. The van der Waals surface area contributed by atoms with E-state index in [2.05, 4.69) is 20.4 Å². The van der Waals surface area contributed by atoms with E-state index >= 15 is 0 Å². The van der Waals surface area contributed by atoms with E-state index in [4.69, 9.17) is 5.73 Å². The fourth-order valence-electron chi connectivity index (χ4n) is 3.19. The third-order valence-electron chi connectivity index (χ3n) is 4.63. The van der Waals surface area contributed by atoms with Gasteiger partial charge < -0.3 is 16.2 Å². The number of rotatable bonds is 3. The molecule has 1 aliphatic rings. The minimum atomic E-state index is -4.59. The fourth-order valence-corrected chi connectivity index (χ4v) is 4.04. The van der Waals surface area contributed by atoms with Gasteiger partial charge in [0, 0.05) is 17.8 Å². The molecule has 0 atom stereocenters. The lowest BCUT2D eigenvalue weighted by Gasteiger charge is -2.25. The Bertz CT molecular complexity index is 961. The molecular weight excluding hydrogens is 381 g/mol. The second-order valence-corrected chi connectivity index (χ2v) is 7.51. The van der Waals surface area contributed by atoms with E-state index in [1.165, 1.54) is 28.2 Å². The van der Waals surface area contributed by atoms with Crippen molar-refractivity contribution in [1.82, 2.24) is 19.6 Å². The summed E-state index contributed by atoms with van der Waals surface area (Å²) in [5, 5.41) is 18.0. The van der Waals surface area contributed by atoms with Crippen LogP contribution < -0.4 is 11.1 Å². The number of halogens is 3. The highest BCUT2D eigenvalue weighted by molar-refractivity contribution is 7.20. The molecule has 0 unspecified atom stereocenters. The number of alkyl halides is 3. The molecule has 1 fully saturated rings. The summed E-state index contributed by atoms with van der Waals surface area (Å²) in [4.78, 5) is 8.47. The molecule has 1 aliphatic carbocycles. The smallest absolute Gasteiger partial charge is 0.393 e. The van der Waals surface area contributed by atoms with Gasteiger partial charge in [-0.05, 0) is 31.7 Å². The zero-order valence-electron chi connectivity index (χ0n) is 14.1. The molecule has 0 saturated heterocycles. The van der Waals surface area contributed by atoms with Crippen molar-refractivity contribution in [2.45, 2.75) is 44.0 Å². The third kappa shape index (κ3) is 3.56. The van der Waals surface area contributed by atoms with E-state index in [1.807, 2.05) is 0 Å². The first-order chi connectivity index (χ1) is 12.8. The summed E-state index contributed by atoms with van der Waals surface area (Å²) in [5.74, 6) is -0.563. The maximum absolute atomic E-state index is 13.1. The van der Waals surface area contributed by atoms with Crippen LogP contribution in [0.5, 0.6) is 0 Å². The lowest BCUT2D eigenvalue weighted by atomic mass is 9.93. The lowest BCUT2D eigenvalue weighted by molar-refractivity contribution is -0.137. The van der Waals surface area contributed by atoms with Crippen LogP contribution in [0.2, 0.25) is 0 Å². The number of aliphatic hydroxyl groups excluding tert-OH is 1. The van der Waals surface area contributed by atoms with Crippen LogP contribution in [0.25, 0.3) is 16.2 Å². The summed E-state index contributed by atoms with van der Waals surface area (Å²) < 4.78 is 40.8. The monoisotopic (exact) mass is 398 g/mol. The predicted molar refractivity (Wildman–Crippen MR) is 95.4 cm³/mol. The van der Waals surface area contributed by atoms with E-state index in [0.717, 1.165) is 31.7 Å². The van der Waals surface area contributed by atoms with Gasteiger partial charge in [0.1, 0.15) is 5.82 Å². The summed E-state index contributed by atoms with van der Waals surface area (Å²) in [6.07, 6.45) is 1.07. The van der Waals surface area contributed by atoms with Crippen molar-refractivity contribution in [2.24, 2.45) is 0 Å². The Kier molecular flexibility index (Phi) is 4.42. The first kappa shape index (κ1) is 18.0. The van der Waals surface area contributed by atoms with E-state index in [-0.39, 0.29) is 17.7 Å². The number of imidazole rings is 1. The number of nitrogens with zero attached hydrogens (tertiary/aromatic N) is 4. The standard InChI is InChI=1S/C16H17F3N6OS/c17-16(18,19)11-5-8(6-21-13(11)20)12-7-22-15-25(12)24-14(27-15)23-9-1-3-10(26)4-2-9/h5-7,9-10,26H,1-4H2,(H2,20,21)(H,23,24)/t9-,10-. The predicted octanol–water partition coefficient (Wildman–Crippen LogP) is 3.17. The fraction of sp³-hybridized carbons (Fsp3) is 0.438. The van der Waals surface area contributed by atoms with Crippen LogP contribution in [0.4, 0.5) is 24.1 Å². The molecule has 7 nitrogen and oxygen atoms in total. The summed E-state index contributed by atoms with van der Waals surface area (Å²) in [5.41, 5.74) is 5.03. The van der Waals surface area contributed by atoms with Crippen molar-refractivity contribution < 1.29 is 18.3 Å². The number of hydrogen-bond acceptors (Lipinski definition) is 7. The van der Waals surface area contributed by atoms with Crippen LogP contribution in [0.3, 0.4) is 0 Å². The van der Waals surface area contributed by atoms with Gasteiger partial charge in [0.25, 0.3) is 0 Å². The van der Waals surface area contributed by atoms with Gasteiger partial charge in [0.15, 0.2) is 0 Å². The number of fused-ring (bicyclic) bond motifs is 1. The molecule has 3 aromatic heterocycles. The van der Waals surface area contributed by atoms with Gasteiger partial charge in [-0.2, -0.15) is 13.2 Å². The quantitative estimate of drug-likeness (QED) is 0.627. The van der Waals surface area contributed by atoms with Crippen molar-refractivity contribution in [3.63, 3.8) is 0 Å². The number of nitrogen functional groups attached to an aromatic ring is 1. The molecule has 0 aliphatic heterocycles. The van der Waals surface area contributed by atoms with Gasteiger partial charge in [-0.1, -0.05) is 11.3 Å². The first-order valence-corrected chi connectivity index (χ1v) is 9.25. The van der Waals surface area contributed by atoms with Crippen LogP contribution in [0, 0.1) is 0 Å². The largest absolute Gasteiger partial charge is 0.419 e. The second kappa shape index (κ2) is 6.64.